The second-order valence-corrected chi connectivity index (χ2v) is 5.00. The van der Waals surface area contributed by atoms with Crippen molar-refractivity contribution in [3.63, 3.8) is 0 Å². The first-order chi connectivity index (χ1) is 10.5. The number of carboxylic acid groups (broad SMARTS) is 1. The Morgan fingerprint density at radius 2 is 2.36 bits per heavy atom. The number of aromatic nitrogens is 2. The molecule has 1 N–H and O–H groups in total. The number of nitriles is 1. The number of hydrogen-bond donors (Lipinski definition) is 1. The summed E-state index contributed by atoms with van der Waals surface area (Å²) in [6.07, 6.45) is 3.79. The van der Waals surface area contributed by atoms with Crippen LogP contribution in [0.3, 0.4) is 0 Å². The fourth-order valence-corrected chi connectivity index (χ4v) is 1.97. The summed E-state index contributed by atoms with van der Waals surface area (Å²) in [5.74, 6) is -0.947. The summed E-state index contributed by atoms with van der Waals surface area (Å²) in [5.41, 5.74) is 1.70. The average molecular weight is 299 g/mol. The van der Waals surface area contributed by atoms with E-state index in [1.54, 1.807) is 16.7 Å². The molecule has 0 saturated heterocycles. The van der Waals surface area contributed by atoms with Crippen molar-refractivity contribution < 1.29 is 14.6 Å². The summed E-state index contributed by atoms with van der Waals surface area (Å²) >= 11 is 0. The van der Waals surface area contributed by atoms with Crippen molar-refractivity contribution in [3.8, 4) is 11.9 Å². The molecule has 0 aliphatic rings. The first kappa shape index (κ1) is 15.6. The van der Waals surface area contributed by atoms with Gasteiger partial charge in [-0.1, -0.05) is 13.0 Å². The van der Waals surface area contributed by atoms with E-state index in [9.17, 15) is 4.79 Å². The van der Waals surface area contributed by atoms with Gasteiger partial charge in [-0.05, 0) is 38.0 Å². The van der Waals surface area contributed by atoms with Gasteiger partial charge in [0.05, 0.1) is 6.10 Å². The third kappa shape index (κ3) is 2.93. The first-order valence-corrected chi connectivity index (χ1v) is 6.97. The third-order valence-corrected chi connectivity index (χ3v) is 3.37. The highest BCUT2D eigenvalue weighted by Crippen LogP contribution is 2.25. The van der Waals surface area contributed by atoms with Crippen molar-refractivity contribution in [2.45, 2.75) is 33.3 Å². The topological polar surface area (TPSA) is 87.6 Å². The Kier molecular flexibility index (Phi) is 4.47. The highest BCUT2D eigenvalue weighted by Gasteiger charge is 2.17. The summed E-state index contributed by atoms with van der Waals surface area (Å²) in [6.45, 7) is 5.80. The van der Waals surface area contributed by atoms with E-state index in [0.717, 1.165) is 12.0 Å². The van der Waals surface area contributed by atoms with Gasteiger partial charge in [0.25, 0.3) is 0 Å². The second kappa shape index (κ2) is 6.31. The highest BCUT2D eigenvalue weighted by molar-refractivity contribution is 5.96. The standard InChI is InChI=1S/C16H17N3O3/c1-4-11(3)22-15-13(8-12(9-17)16(20)21)19-7-5-6-10(2)14(19)18-15/h5-8,11H,4H2,1-3H3,(H,20,21)/b12-8+. The predicted octanol–water partition coefficient (Wildman–Crippen LogP) is 2.81. The van der Waals surface area contributed by atoms with Crippen molar-refractivity contribution in [1.29, 1.82) is 5.26 Å². The minimum Gasteiger partial charge on any atom is -0.477 e. The van der Waals surface area contributed by atoms with Crippen LogP contribution in [0.1, 0.15) is 31.5 Å². The van der Waals surface area contributed by atoms with E-state index < -0.39 is 5.97 Å². The van der Waals surface area contributed by atoms with Gasteiger partial charge < -0.3 is 9.84 Å². The van der Waals surface area contributed by atoms with Gasteiger partial charge in [0, 0.05) is 6.20 Å². The Hall–Kier alpha value is -2.81. The van der Waals surface area contributed by atoms with Crippen LogP contribution in [0.4, 0.5) is 0 Å². The number of fused-ring (bicyclic) bond motifs is 1. The molecule has 1 unspecified atom stereocenters. The second-order valence-electron chi connectivity index (χ2n) is 5.00. The van der Waals surface area contributed by atoms with Gasteiger partial charge in [0.15, 0.2) is 0 Å². The zero-order valence-electron chi connectivity index (χ0n) is 12.7. The molecule has 0 saturated carbocycles. The van der Waals surface area contributed by atoms with Crippen molar-refractivity contribution in [1.82, 2.24) is 9.38 Å². The van der Waals surface area contributed by atoms with Crippen LogP contribution in [-0.4, -0.2) is 26.6 Å². The smallest absolute Gasteiger partial charge is 0.346 e. The van der Waals surface area contributed by atoms with Crippen LogP contribution in [0.25, 0.3) is 11.7 Å². The Morgan fingerprint density at radius 1 is 1.64 bits per heavy atom. The number of pyridine rings is 1. The Morgan fingerprint density at radius 3 is 2.95 bits per heavy atom. The summed E-state index contributed by atoms with van der Waals surface area (Å²) in [5, 5.41) is 18.0. The highest BCUT2D eigenvalue weighted by atomic mass is 16.5. The van der Waals surface area contributed by atoms with E-state index in [-0.39, 0.29) is 11.7 Å². The van der Waals surface area contributed by atoms with E-state index >= 15 is 0 Å². The number of aryl methyl sites for hydroxylation is 1. The summed E-state index contributed by atoms with van der Waals surface area (Å²) in [6, 6.07) is 5.42. The maximum atomic E-state index is 11.1. The molecule has 22 heavy (non-hydrogen) atoms. The molecule has 0 spiro atoms. The third-order valence-electron chi connectivity index (χ3n) is 3.37. The van der Waals surface area contributed by atoms with E-state index in [0.29, 0.717) is 17.2 Å². The van der Waals surface area contributed by atoms with Crippen LogP contribution in [0.5, 0.6) is 5.88 Å². The minimum atomic E-state index is -1.28. The van der Waals surface area contributed by atoms with Crippen molar-refractivity contribution in [2.75, 3.05) is 0 Å². The van der Waals surface area contributed by atoms with Gasteiger partial charge >= 0.3 is 5.97 Å². The average Bonchev–Trinajstić information content (AvgIpc) is 2.83. The van der Waals surface area contributed by atoms with Crippen molar-refractivity contribution in [2.24, 2.45) is 0 Å². The maximum Gasteiger partial charge on any atom is 0.346 e. The number of carboxylic acids is 1. The minimum absolute atomic E-state index is 0.0623. The van der Waals surface area contributed by atoms with Crippen molar-refractivity contribution >= 4 is 17.7 Å². The Bertz CT molecular complexity index is 784. The summed E-state index contributed by atoms with van der Waals surface area (Å²) in [7, 11) is 0. The first-order valence-electron chi connectivity index (χ1n) is 6.97. The molecule has 6 nitrogen and oxygen atoms in total. The largest absolute Gasteiger partial charge is 0.477 e. The molecule has 2 rings (SSSR count). The molecular formula is C16H17N3O3. The zero-order valence-corrected chi connectivity index (χ0v) is 12.7. The number of rotatable bonds is 5. The van der Waals surface area contributed by atoms with Crippen LogP contribution in [0.15, 0.2) is 23.9 Å². The van der Waals surface area contributed by atoms with E-state index in [2.05, 4.69) is 4.98 Å². The lowest BCUT2D eigenvalue weighted by Gasteiger charge is -2.10. The lowest BCUT2D eigenvalue weighted by Crippen LogP contribution is -2.11. The van der Waals surface area contributed by atoms with Gasteiger partial charge in [-0.3, -0.25) is 4.40 Å². The molecule has 2 aromatic rings. The fourth-order valence-electron chi connectivity index (χ4n) is 1.97. The van der Waals surface area contributed by atoms with Gasteiger partial charge in [-0.15, -0.1) is 0 Å². The quantitative estimate of drug-likeness (QED) is 0.677. The SMILES string of the molecule is CCC(C)Oc1nc2c(C)cccn2c1/C=C(\C#N)C(=O)O. The van der Waals surface area contributed by atoms with Crippen LogP contribution >= 0.6 is 0 Å². The van der Waals surface area contributed by atoms with E-state index in [1.807, 2.05) is 32.9 Å². The predicted molar refractivity (Wildman–Crippen MR) is 81.5 cm³/mol. The molecule has 0 bridgehead atoms. The van der Waals surface area contributed by atoms with Gasteiger partial charge in [-0.2, -0.15) is 10.2 Å². The number of imidazole rings is 1. The Balaban J connectivity index is 2.68. The lowest BCUT2D eigenvalue weighted by molar-refractivity contribution is -0.132. The molecule has 0 amide bonds. The monoisotopic (exact) mass is 299 g/mol. The normalized spacial score (nSPS) is 12.9. The maximum absolute atomic E-state index is 11.1. The number of aliphatic carboxylic acids is 1. The number of carbonyl (C=O) groups is 1. The molecule has 2 heterocycles. The molecule has 2 aromatic heterocycles. The fraction of sp³-hybridized carbons (Fsp3) is 0.312. The zero-order chi connectivity index (χ0) is 16.3. The molecule has 114 valence electrons. The summed E-state index contributed by atoms with van der Waals surface area (Å²) in [4.78, 5) is 15.5. The van der Waals surface area contributed by atoms with Crippen LogP contribution in [0.2, 0.25) is 0 Å². The molecular weight excluding hydrogens is 282 g/mol. The van der Waals surface area contributed by atoms with Crippen LogP contribution in [0, 0.1) is 18.3 Å². The van der Waals surface area contributed by atoms with Gasteiger partial charge in [0.1, 0.15) is 23.0 Å². The molecule has 0 aliphatic carbocycles. The number of hydrogen-bond acceptors (Lipinski definition) is 4. The molecule has 6 heteroatoms. The number of nitrogens with zero attached hydrogens (tertiary/aromatic N) is 3. The van der Waals surface area contributed by atoms with Crippen molar-refractivity contribution in [3.05, 3.63) is 35.2 Å². The van der Waals surface area contributed by atoms with Gasteiger partial charge in [-0.25, -0.2) is 4.79 Å². The molecule has 0 radical (unpaired) electrons. The Labute approximate surface area is 128 Å². The summed E-state index contributed by atoms with van der Waals surface area (Å²) < 4.78 is 7.51. The molecule has 0 fully saturated rings. The van der Waals surface area contributed by atoms with Crippen LogP contribution in [-0.2, 0) is 4.79 Å². The molecule has 0 aromatic carbocycles. The van der Waals surface area contributed by atoms with E-state index in [1.165, 1.54) is 6.08 Å². The van der Waals surface area contributed by atoms with Gasteiger partial charge in [0.2, 0.25) is 5.88 Å². The lowest BCUT2D eigenvalue weighted by atomic mass is 10.2. The van der Waals surface area contributed by atoms with Crippen LogP contribution < -0.4 is 4.74 Å². The molecule has 0 aliphatic heterocycles. The number of ether oxygens (including phenoxy) is 1. The van der Waals surface area contributed by atoms with E-state index in [4.69, 9.17) is 15.1 Å². The molecule has 1 atom stereocenters.